The molecular formula is C11H17BrN2S. The Morgan fingerprint density at radius 1 is 1.33 bits per heavy atom. The Kier molecular flexibility index (Phi) is 6.29. The summed E-state index contributed by atoms with van der Waals surface area (Å²) in [6, 6.07) is 6.03. The molecule has 15 heavy (non-hydrogen) atoms. The van der Waals surface area contributed by atoms with E-state index in [1.807, 2.05) is 23.9 Å². The SMILES string of the molecule is CCN(CC)CCSc1cccc(Br)n1. The smallest absolute Gasteiger partial charge is 0.107 e. The van der Waals surface area contributed by atoms with Crippen molar-refractivity contribution in [3.63, 3.8) is 0 Å². The number of hydrogen-bond donors (Lipinski definition) is 0. The minimum Gasteiger partial charge on any atom is -0.303 e. The molecule has 0 saturated heterocycles. The lowest BCUT2D eigenvalue weighted by Gasteiger charge is -2.16. The maximum absolute atomic E-state index is 4.38. The number of aromatic nitrogens is 1. The van der Waals surface area contributed by atoms with E-state index in [4.69, 9.17) is 0 Å². The van der Waals surface area contributed by atoms with E-state index in [9.17, 15) is 0 Å². The summed E-state index contributed by atoms with van der Waals surface area (Å²) in [7, 11) is 0. The molecular weight excluding hydrogens is 272 g/mol. The van der Waals surface area contributed by atoms with E-state index in [-0.39, 0.29) is 0 Å². The van der Waals surface area contributed by atoms with Crippen LogP contribution in [0.25, 0.3) is 0 Å². The molecule has 0 spiro atoms. The fourth-order valence-electron chi connectivity index (χ4n) is 1.29. The third-order valence-electron chi connectivity index (χ3n) is 2.24. The summed E-state index contributed by atoms with van der Waals surface area (Å²) in [5.41, 5.74) is 0. The normalized spacial score (nSPS) is 10.9. The van der Waals surface area contributed by atoms with Crippen molar-refractivity contribution >= 4 is 27.7 Å². The summed E-state index contributed by atoms with van der Waals surface area (Å²) in [6.07, 6.45) is 0. The van der Waals surface area contributed by atoms with Crippen LogP contribution in [0, 0.1) is 0 Å². The molecule has 0 aliphatic rings. The predicted octanol–water partition coefficient (Wildman–Crippen LogP) is 3.28. The second-order valence-corrected chi connectivity index (χ2v) is 5.10. The second-order valence-electron chi connectivity index (χ2n) is 3.17. The van der Waals surface area contributed by atoms with Crippen molar-refractivity contribution in [1.82, 2.24) is 9.88 Å². The summed E-state index contributed by atoms with van der Waals surface area (Å²) in [4.78, 5) is 6.80. The first-order chi connectivity index (χ1) is 7.26. The van der Waals surface area contributed by atoms with Crippen LogP contribution in [-0.4, -0.2) is 35.3 Å². The molecule has 1 aromatic heterocycles. The molecule has 0 N–H and O–H groups in total. The lowest BCUT2D eigenvalue weighted by Crippen LogP contribution is -2.25. The molecule has 0 bridgehead atoms. The molecule has 2 nitrogen and oxygen atoms in total. The van der Waals surface area contributed by atoms with E-state index in [2.05, 4.69) is 45.7 Å². The number of halogens is 1. The van der Waals surface area contributed by atoms with E-state index in [0.717, 1.165) is 35.0 Å². The Bertz CT molecular complexity index is 290. The monoisotopic (exact) mass is 288 g/mol. The zero-order valence-corrected chi connectivity index (χ0v) is 11.6. The van der Waals surface area contributed by atoms with Gasteiger partial charge < -0.3 is 4.90 Å². The molecule has 0 fully saturated rings. The largest absolute Gasteiger partial charge is 0.303 e. The number of thioether (sulfide) groups is 1. The maximum Gasteiger partial charge on any atom is 0.107 e. The van der Waals surface area contributed by atoms with Gasteiger partial charge in [-0.15, -0.1) is 11.8 Å². The highest BCUT2D eigenvalue weighted by molar-refractivity contribution is 9.10. The van der Waals surface area contributed by atoms with Crippen LogP contribution in [0.2, 0.25) is 0 Å². The first kappa shape index (κ1) is 13.0. The lowest BCUT2D eigenvalue weighted by molar-refractivity contribution is 0.324. The van der Waals surface area contributed by atoms with E-state index < -0.39 is 0 Å². The van der Waals surface area contributed by atoms with Crippen molar-refractivity contribution in [2.75, 3.05) is 25.4 Å². The van der Waals surface area contributed by atoms with Crippen molar-refractivity contribution in [3.8, 4) is 0 Å². The molecule has 0 aromatic carbocycles. The van der Waals surface area contributed by atoms with Crippen LogP contribution >= 0.6 is 27.7 Å². The summed E-state index contributed by atoms with van der Waals surface area (Å²) in [5.74, 6) is 1.10. The van der Waals surface area contributed by atoms with E-state index in [1.54, 1.807) is 0 Å². The fourth-order valence-corrected chi connectivity index (χ4v) is 2.65. The Balaban J connectivity index is 2.31. The van der Waals surface area contributed by atoms with Gasteiger partial charge in [-0.1, -0.05) is 19.9 Å². The van der Waals surface area contributed by atoms with Crippen molar-refractivity contribution in [2.24, 2.45) is 0 Å². The average Bonchev–Trinajstić information content (AvgIpc) is 2.25. The Hall–Kier alpha value is -0.0600. The van der Waals surface area contributed by atoms with Gasteiger partial charge in [-0.25, -0.2) is 4.98 Å². The zero-order valence-electron chi connectivity index (χ0n) is 9.24. The van der Waals surface area contributed by atoms with Gasteiger partial charge >= 0.3 is 0 Å². The van der Waals surface area contributed by atoms with Gasteiger partial charge in [-0.2, -0.15) is 0 Å². The van der Waals surface area contributed by atoms with Crippen molar-refractivity contribution in [3.05, 3.63) is 22.8 Å². The highest BCUT2D eigenvalue weighted by Crippen LogP contribution is 2.17. The zero-order chi connectivity index (χ0) is 11.1. The highest BCUT2D eigenvalue weighted by Gasteiger charge is 2.00. The summed E-state index contributed by atoms with van der Waals surface area (Å²) < 4.78 is 0.912. The number of nitrogens with zero attached hydrogens (tertiary/aromatic N) is 2. The first-order valence-electron chi connectivity index (χ1n) is 5.24. The van der Waals surface area contributed by atoms with Gasteiger partial charge in [0, 0.05) is 12.3 Å². The van der Waals surface area contributed by atoms with Gasteiger partial charge in [-0.3, -0.25) is 0 Å². The fraction of sp³-hybridized carbons (Fsp3) is 0.545. The van der Waals surface area contributed by atoms with Crippen LogP contribution in [0.4, 0.5) is 0 Å². The highest BCUT2D eigenvalue weighted by atomic mass is 79.9. The lowest BCUT2D eigenvalue weighted by atomic mass is 10.5. The maximum atomic E-state index is 4.38. The standard InChI is InChI=1S/C11H17BrN2S/c1-3-14(4-2)8-9-15-11-7-5-6-10(12)13-11/h5-7H,3-4,8-9H2,1-2H3. The quantitative estimate of drug-likeness (QED) is 0.590. The van der Waals surface area contributed by atoms with Gasteiger partial charge in [0.05, 0.1) is 5.03 Å². The van der Waals surface area contributed by atoms with Crippen LogP contribution in [0.15, 0.2) is 27.8 Å². The van der Waals surface area contributed by atoms with Crippen molar-refractivity contribution in [2.45, 2.75) is 18.9 Å². The molecule has 84 valence electrons. The van der Waals surface area contributed by atoms with Crippen molar-refractivity contribution in [1.29, 1.82) is 0 Å². The predicted molar refractivity (Wildman–Crippen MR) is 70.4 cm³/mol. The average molecular weight is 289 g/mol. The minimum atomic E-state index is 0.912. The van der Waals surface area contributed by atoms with Crippen LogP contribution in [0.3, 0.4) is 0 Å². The van der Waals surface area contributed by atoms with Gasteiger partial charge in [0.25, 0.3) is 0 Å². The molecule has 4 heteroatoms. The molecule has 0 saturated carbocycles. The third-order valence-corrected chi connectivity index (χ3v) is 3.59. The molecule has 1 rings (SSSR count). The van der Waals surface area contributed by atoms with Crippen LogP contribution in [-0.2, 0) is 0 Å². The summed E-state index contributed by atoms with van der Waals surface area (Å²) in [5, 5.41) is 1.09. The molecule has 0 unspecified atom stereocenters. The second kappa shape index (κ2) is 7.25. The van der Waals surface area contributed by atoms with Gasteiger partial charge in [0.2, 0.25) is 0 Å². The molecule has 0 aliphatic carbocycles. The molecule has 1 heterocycles. The summed E-state index contributed by atoms with van der Waals surface area (Å²) >= 11 is 5.19. The van der Waals surface area contributed by atoms with E-state index in [0.29, 0.717) is 0 Å². The number of pyridine rings is 1. The molecule has 1 aromatic rings. The van der Waals surface area contributed by atoms with Crippen molar-refractivity contribution < 1.29 is 0 Å². The number of hydrogen-bond acceptors (Lipinski definition) is 3. The van der Waals surface area contributed by atoms with Gasteiger partial charge in [-0.05, 0) is 41.2 Å². The van der Waals surface area contributed by atoms with Gasteiger partial charge in [0.15, 0.2) is 0 Å². The van der Waals surface area contributed by atoms with Crippen LogP contribution in [0.1, 0.15) is 13.8 Å². The van der Waals surface area contributed by atoms with Crippen LogP contribution in [0.5, 0.6) is 0 Å². The number of rotatable bonds is 6. The molecule has 0 aliphatic heterocycles. The summed E-state index contributed by atoms with van der Waals surface area (Å²) in [6.45, 7) is 7.79. The minimum absolute atomic E-state index is 0.912. The first-order valence-corrected chi connectivity index (χ1v) is 7.01. The van der Waals surface area contributed by atoms with E-state index in [1.165, 1.54) is 0 Å². The van der Waals surface area contributed by atoms with E-state index >= 15 is 0 Å². The molecule has 0 radical (unpaired) electrons. The third kappa shape index (κ3) is 5.00. The molecule has 0 amide bonds. The van der Waals surface area contributed by atoms with Gasteiger partial charge in [0.1, 0.15) is 4.60 Å². The Morgan fingerprint density at radius 3 is 2.67 bits per heavy atom. The topological polar surface area (TPSA) is 16.1 Å². The molecule has 0 atom stereocenters. The van der Waals surface area contributed by atoms with Crippen LogP contribution < -0.4 is 0 Å². The Labute approximate surface area is 105 Å². The Morgan fingerprint density at radius 2 is 2.07 bits per heavy atom.